The zero-order valence-electron chi connectivity index (χ0n) is 16.2. The predicted molar refractivity (Wildman–Crippen MR) is 106 cm³/mol. The van der Waals surface area contributed by atoms with E-state index in [1.807, 2.05) is 19.1 Å². The van der Waals surface area contributed by atoms with Crippen LogP contribution in [0.2, 0.25) is 0 Å². The zero-order valence-corrected chi connectivity index (χ0v) is 16.2. The molecular formula is C20H17N7O3. The van der Waals surface area contributed by atoms with Crippen LogP contribution in [0.4, 0.5) is 5.82 Å². The second kappa shape index (κ2) is 6.76. The molecule has 4 heterocycles. The van der Waals surface area contributed by atoms with Crippen molar-refractivity contribution in [1.29, 1.82) is 0 Å². The highest BCUT2D eigenvalue weighted by Gasteiger charge is 2.33. The molecule has 0 spiro atoms. The Balaban J connectivity index is 1.63. The fourth-order valence-corrected chi connectivity index (χ4v) is 3.87. The lowest BCUT2D eigenvalue weighted by molar-refractivity contribution is -0.116. The summed E-state index contributed by atoms with van der Waals surface area (Å²) in [6, 6.07) is 7.08. The van der Waals surface area contributed by atoms with Gasteiger partial charge in [0, 0.05) is 17.9 Å². The molecule has 1 aliphatic rings. The Hall–Kier alpha value is -4.08. The number of esters is 1. The van der Waals surface area contributed by atoms with Gasteiger partial charge in [0.2, 0.25) is 5.91 Å². The number of methoxy groups -OCH3 is 1. The highest BCUT2D eigenvalue weighted by Crippen LogP contribution is 2.40. The normalized spacial score (nSPS) is 15.7. The molecule has 30 heavy (non-hydrogen) atoms. The van der Waals surface area contributed by atoms with Crippen molar-refractivity contribution >= 4 is 28.9 Å². The summed E-state index contributed by atoms with van der Waals surface area (Å²) in [6.07, 6.45) is 3.23. The number of aryl methyl sites for hydroxylation is 1. The fraction of sp³-hybridized carbons (Fsp3) is 0.200. The van der Waals surface area contributed by atoms with Gasteiger partial charge in [-0.1, -0.05) is 12.1 Å². The third-order valence-electron chi connectivity index (χ3n) is 5.24. The average molecular weight is 403 g/mol. The van der Waals surface area contributed by atoms with Crippen molar-refractivity contribution in [2.75, 3.05) is 12.4 Å². The predicted octanol–water partition coefficient (Wildman–Crippen LogP) is 2.11. The number of carbonyl (C=O) groups excluding carboxylic acids is 2. The number of hydrogen-bond donors (Lipinski definition) is 2. The first kappa shape index (κ1) is 18.0. The van der Waals surface area contributed by atoms with Crippen molar-refractivity contribution in [3.63, 3.8) is 0 Å². The molecule has 1 amide bonds. The number of anilines is 1. The smallest absolute Gasteiger partial charge is 0.337 e. The van der Waals surface area contributed by atoms with Crippen molar-refractivity contribution in [3.8, 4) is 5.82 Å². The third kappa shape index (κ3) is 2.72. The van der Waals surface area contributed by atoms with Gasteiger partial charge >= 0.3 is 5.97 Å². The number of imidazole rings is 1. The van der Waals surface area contributed by atoms with Crippen molar-refractivity contribution in [3.05, 3.63) is 59.3 Å². The molecule has 5 rings (SSSR count). The minimum Gasteiger partial charge on any atom is -0.465 e. The van der Waals surface area contributed by atoms with Gasteiger partial charge in [0.1, 0.15) is 17.7 Å². The van der Waals surface area contributed by atoms with Gasteiger partial charge in [0.25, 0.3) is 0 Å². The molecule has 4 aromatic rings. The monoisotopic (exact) mass is 403 g/mol. The maximum Gasteiger partial charge on any atom is 0.337 e. The number of benzene rings is 1. The van der Waals surface area contributed by atoms with E-state index in [4.69, 9.17) is 4.74 Å². The quantitative estimate of drug-likeness (QED) is 0.501. The molecule has 10 nitrogen and oxygen atoms in total. The number of amides is 1. The lowest BCUT2D eigenvalue weighted by Gasteiger charge is -2.24. The Morgan fingerprint density at radius 1 is 1.20 bits per heavy atom. The molecule has 1 aromatic carbocycles. The van der Waals surface area contributed by atoms with Gasteiger partial charge in [-0.05, 0) is 24.6 Å². The van der Waals surface area contributed by atoms with Crippen LogP contribution in [0.25, 0.3) is 17.0 Å². The summed E-state index contributed by atoms with van der Waals surface area (Å²) < 4.78 is 6.37. The number of H-pyrrole nitrogens is 1. The standard InChI is InChI=1S/C20H17N7O3/c1-10-15-13(11-3-5-12(6-4-11)20(29)30-2)7-14(28)25-18(15)27(26-10)19-16-17(22-8-21-16)23-9-24-19/h3-6,8-9,13H,7H2,1-2H3,(H,25,28)(H,21,22,23,24)/t13-/m1/s1. The lowest BCUT2D eigenvalue weighted by atomic mass is 9.85. The summed E-state index contributed by atoms with van der Waals surface area (Å²) in [5.74, 6) is 0.345. The molecule has 150 valence electrons. The van der Waals surface area contributed by atoms with Crippen LogP contribution < -0.4 is 5.32 Å². The van der Waals surface area contributed by atoms with Gasteiger partial charge in [0.15, 0.2) is 11.5 Å². The number of aromatic amines is 1. The number of nitrogens with one attached hydrogen (secondary N) is 2. The zero-order chi connectivity index (χ0) is 20.8. The summed E-state index contributed by atoms with van der Waals surface area (Å²) in [6.45, 7) is 1.90. The number of rotatable bonds is 3. The van der Waals surface area contributed by atoms with Gasteiger partial charge in [-0.2, -0.15) is 9.78 Å². The molecule has 0 aliphatic carbocycles. The van der Waals surface area contributed by atoms with Crippen LogP contribution in [0, 0.1) is 6.92 Å². The van der Waals surface area contributed by atoms with Crippen molar-refractivity contribution < 1.29 is 14.3 Å². The molecule has 2 N–H and O–H groups in total. The first-order valence-electron chi connectivity index (χ1n) is 9.29. The Bertz CT molecular complexity index is 1290. The number of hydrogen-bond acceptors (Lipinski definition) is 7. The molecule has 0 saturated heterocycles. The van der Waals surface area contributed by atoms with Gasteiger partial charge in [-0.3, -0.25) is 4.79 Å². The minimum absolute atomic E-state index is 0.124. The fourth-order valence-electron chi connectivity index (χ4n) is 3.87. The second-order valence-electron chi connectivity index (χ2n) is 6.98. The van der Waals surface area contributed by atoms with E-state index in [1.165, 1.54) is 19.8 Å². The molecule has 3 aromatic heterocycles. The third-order valence-corrected chi connectivity index (χ3v) is 5.24. The van der Waals surface area contributed by atoms with Crippen LogP contribution in [0.3, 0.4) is 0 Å². The van der Waals surface area contributed by atoms with E-state index in [0.29, 0.717) is 28.4 Å². The highest BCUT2D eigenvalue weighted by atomic mass is 16.5. The molecule has 0 bridgehead atoms. The highest BCUT2D eigenvalue weighted by molar-refractivity contribution is 5.95. The Morgan fingerprint density at radius 3 is 2.77 bits per heavy atom. The van der Waals surface area contributed by atoms with Gasteiger partial charge in [0.05, 0.1) is 24.7 Å². The first-order chi connectivity index (χ1) is 14.6. The van der Waals surface area contributed by atoms with Crippen LogP contribution in [0.1, 0.15) is 39.5 Å². The molecule has 0 unspecified atom stereocenters. The van der Waals surface area contributed by atoms with E-state index in [0.717, 1.165) is 16.8 Å². The Morgan fingerprint density at radius 2 is 2.00 bits per heavy atom. The van der Waals surface area contributed by atoms with Gasteiger partial charge in [-0.15, -0.1) is 0 Å². The number of fused-ring (bicyclic) bond motifs is 2. The lowest BCUT2D eigenvalue weighted by Crippen LogP contribution is -2.25. The number of carbonyl (C=O) groups is 2. The molecule has 0 fully saturated rings. The van der Waals surface area contributed by atoms with E-state index in [9.17, 15) is 9.59 Å². The Labute approximate surface area is 170 Å². The minimum atomic E-state index is -0.403. The molecule has 1 aliphatic heterocycles. The summed E-state index contributed by atoms with van der Waals surface area (Å²) in [5, 5.41) is 7.59. The number of ether oxygens (including phenoxy) is 1. The largest absolute Gasteiger partial charge is 0.465 e. The van der Waals surface area contributed by atoms with Crippen LogP contribution >= 0.6 is 0 Å². The van der Waals surface area contributed by atoms with Crippen LogP contribution in [0.5, 0.6) is 0 Å². The Kier molecular flexibility index (Phi) is 4.05. The van der Waals surface area contributed by atoms with E-state index in [-0.39, 0.29) is 18.2 Å². The maximum atomic E-state index is 12.6. The topological polar surface area (TPSA) is 128 Å². The van der Waals surface area contributed by atoms with Crippen molar-refractivity contribution in [2.24, 2.45) is 0 Å². The molecule has 10 heteroatoms. The number of nitrogens with zero attached hydrogens (tertiary/aromatic N) is 5. The van der Waals surface area contributed by atoms with E-state index in [2.05, 4.69) is 30.4 Å². The molecular weight excluding hydrogens is 386 g/mol. The van der Waals surface area contributed by atoms with Gasteiger partial charge in [-0.25, -0.2) is 19.7 Å². The summed E-state index contributed by atoms with van der Waals surface area (Å²) in [7, 11) is 1.34. The SMILES string of the molecule is COC(=O)c1ccc([C@H]2CC(=O)Nc3c2c(C)nn3-c2ncnc3nc[nH]c23)cc1. The number of aromatic nitrogens is 6. The van der Waals surface area contributed by atoms with Crippen LogP contribution in [0.15, 0.2) is 36.9 Å². The first-order valence-corrected chi connectivity index (χ1v) is 9.29. The molecule has 1 atom stereocenters. The maximum absolute atomic E-state index is 12.6. The van der Waals surface area contributed by atoms with Crippen LogP contribution in [-0.2, 0) is 9.53 Å². The summed E-state index contributed by atoms with van der Waals surface area (Å²) in [4.78, 5) is 40.0. The molecule has 0 radical (unpaired) electrons. The van der Waals surface area contributed by atoms with E-state index in [1.54, 1.807) is 16.8 Å². The second-order valence-corrected chi connectivity index (χ2v) is 6.98. The average Bonchev–Trinajstić information content (AvgIpc) is 3.37. The van der Waals surface area contributed by atoms with Crippen LogP contribution in [-0.4, -0.2) is 48.7 Å². The van der Waals surface area contributed by atoms with Crippen molar-refractivity contribution in [2.45, 2.75) is 19.3 Å². The summed E-state index contributed by atoms with van der Waals surface area (Å²) in [5.41, 5.74) is 4.19. The van der Waals surface area contributed by atoms with E-state index < -0.39 is 5.97 Å². The molecule has 0 saturated carbocycles. The summed E-state index contributed by atoms with van der Waals surface area (Å²) >= 11 is 0. The van der Waals surface area contributed by atoms with E-state index >= 15 is 0 Å². The van der Waals surface area contributed by atoms with Crippen molar-refractivity contribution in [1.82, 2.24) is 29.7 Å². The van der Waals surface area contributed by atoms with Gasteiger partial charge < -0.3 is 15.0 Å².